The van der Waals surface area contributed by atoms with Crippen molar-refractivity contribution in [3.63, 3.8) is 0 Å². The number of aromatic nitrogens is 2. The highest BCUT2D eigenvalue weighted by Crippen LogP contribution is 2.13. The van der Waals surface area contributed by atoms with Crippen molar-refractivity contribution < 1.29 is 4.74 Å². The van der Waals surface area contributed by atoms with Gasteiger partial charge in [-0.2, -0.15) is 0 Å². The second kappa shape index (κ2) is 7.13. The third kappa shape index (κ3) is 3.88. The van der Waals surface area contributed by atoms with Crippen molar-refractivity contribution in [1.82, 2.24) is 20.2 Å². The molecular weight excluding hydrogens is 288 g/mol. The van der Waals surface area contributed by atoms with E-state index in [0.29, 0.717) is 17.1 Å². The van der Waals surface area contributed by atoms with Gasteiger partial charge in [0.1, 0.15) is 10.5 Å². The quantitative estimate of drug-likeness (QED) is 0.772. The number of nitrogens with zero attached hydrogens (tertiary/aromatic N) is 2. The Morgan fingerprint density at radius 2 is 2.29 bits per heavy atom. The van der Waals surface area contributed by atoms with Gasteiger partial charge >= 0.3 is 0 Å². The van der Waals surface area contributed by atoms with Crippen LogP contribution in [-0.2, 0) is 11.3 Å². The number of hydrogen-bond donors (Lipinski definition) is 2. The summed E-state index contributed by atoms with van der Waals surface area (Å²) in [5.41, 5.74) is 0.744. The minimum Gasteiger partial charge on any atom is -0.379 e. The Kier molecular flexibility index (Phi) is 4.97. The molecule has 0 aromatic carbocycles. The van der Waals surface area contributed by atoms with Gasteiger partial charge in [0.05, 0.1) is 25.3 Å². The first-order valence-corrected chi connectivity index (χ1v) is 8.18. The van der Waals surface area contributed by atoms with Crippen LogP contribution >= 0.6 is 11.3 Å². The number of fused-ring (bicyclic) bond motifs is 1. The van der Waals surface area contributed by atoms with E-state index in [-0.39, 0.29) is 5.56 Å². The van der Waals surface area contributed by atoms with Gasteiger partial charge in [-0.3, -0.25) is 9.69 Å². The van der Waals surface area contributed by atoms with E-state index in [2.05, 4.69) is 20.2 Å². The van der Waals surface area contributed by atoms with Gasteiger partial charge in [-0.15, -0.1) is 11.3 Å². The van der Waals surface area contributed by atoms with Gasteiger partial charge in [0, 0.05) is 13.1 Å². The standard InChI is InChI=1S/C14H20N4O2S/c19-14-13-11(2-9-21-13)16-12(17-14)10-15-3-1-4-18-5-7-20-8-6-18/h2,9,15H,1,3-8,10H2,(H,16,17,19). The van der Waals surface area contributed by atoms with Crippen LogP contribution < -0.4 is 10.9 Å². The van der Waals surface area contributed by atoms with E-state index in [1.54, 1.807) is 0 Å². The Balaban J connectivity index is 1.43. The van der Waals surface area contributed by atoms with Crippen LogP contribution in [0.2, 0.25) is 0 Å². The molecular formula is C14H20N4O2S. The van der Waals surface area contributed by atoms with Crippen molar-refractivity contribution in [2.75, 3.05) is 39.4 Å². The lowest BCUT2D eigenvalue weighted by molar-refractivity contribution is 0.0374. The molecule has 1 aliphatic rings. The van der Waals surface area contributed by atoms with Crippen LogP contribution in [0.1, 0.15) is 12.2 Å². The average Bonchev–Trinajstić information content (AvgIpc) is 2.97. The highest BCUT2D eigenvalue weighted by Gasteiger charge is 2.09. The van der Waals surface area contributed by atoms with E-state index >= 15 is 0 Å². The smallest absolute Gasteiger partial charge is 0.268 e. The molecule has 114 valence electrons. The fourth-order valence-electron chi connectivity index (χ4n) is 2.46. The van der Waals surface area contributed by atoms with Gasteiger partial charge in [0.2, 0.25) is 0 Å². The van der Waals surface area contributed by atoms with Crippen LogP contribution in [0.3, 0.4) is 0 Å². The van der Waals surface area contributed by atoms with Gasteiger partial charge < -0.3 is 15.0 Å². The second-order valence-electron chi connectivity index (χ2n) is 5.13. The van der Waals surface area contributed by atoms with Crippen LogP contribution in [0.5, 0.6) is 0 Å². The molecule has 6 nitrogen and oxygen atoms in total. The lowest BCUT2D eigenvalue weighted by Crippen LogP contribution is -2.37. The molecule has 1 fully saturated rings. The number of ether oxygens (including phenoxy) is 1. The zero-order valence-corrected chi connectivity index (χ0v) is 12.7. The summed E-state index contributed by atoms with van der Waals surface area (Å²) in [4.78, 5) is 21.5. The third-order valence-corrected chi connectivity index (χ3v) is 4.49. The summed E-state index contributed by atoms with van der Waals surface area (Å²) in [6.07, 6.45) is 1.09. The Morgan fingerprint density at radius 1 is 1.43 bits per heavy atom. The van der Waals surface area contributed by atoms with Gasteiger partial charge in [-0.1, -0.05) is 0 Å². The summed E-state index contributed by atoms with van der Waals surface area (Å²) in [6.45, 7) is 6.36. The number of rotatable bonds is 6. The highest BCUT2D eigenvalue weighted by atomic mass is 32.1. The normalized spacial score (nSPS) is 16.6. The van der Waals surface area contributed by atoms with Crippen LogP contribution in [0.25, 0.3) is 10.2 Å². The Morgan fingerprint density at radius 3 is 3.14 bits per heavy atom. The monoisotopic (exact) mass is 308 g/mol. The fourth-order valence-corrected chi connectivity index (χ4v) is 3.19. The van der Waals surface area contributed by atoms with E-state index in [1.807, 2.05) is 11.4 Å². The van der Waals surface area contributed by atoms with Gasteiger partial charge in [0.25, 0.3) is 5.56 Å². The van der Waals surface area contributed by atoms with Crippen molar-refractivity contribution in [2.24, 2.45) is 0 Å². The fraction of sp³-hybridized carbons (Fsp3) is 0.571. The summed E-state index contributed by atoms with van der Waals surface area (Å²) < 4.78 is 6.03. The number of hydrogen-bond acceptors (Lipinski definition) is 6. The summed E-state index contributed by atoms with van der Waals surface area (Å²) >= 11 is 1.43. The molecule has 0 amide bonds. The second-order valence-corrected chi connectivity index (χ2v) is 6.05. The predicted molar refractivity (Wildman–Crippen MR) is 83.8 cm³/mol. The number of thiophene rings is 1. The zero-order valence-electron chi connectivity index (χ0n) is 11.9. The van der Waals surface area contributed by atoms with Crippen molar-refractivity contribution in [3.8, 4) is 0 Å². The molecule has 1 aliphatic heterocycles. The first kappa shape index (κ1) is 14.6. The SMILES string of the molecule is O=c1[nH]c(CNCCCN2CCOCC2)nc2ccsc12. The average molecular weight is 308 g/mol. The van der Waals surface area contributed by atoms with Gasteiger partial charge in [0.15, 0.2) is 0 Å². The number of aromatic amines is 1. The first-order valence-electron chi connectivity index (χ1n) is 7.30. The number of H-pyrrole nitrogens is 1. The van der Waals surface area contributed by atoms with E-state index in [9.17, 15) is 4.79 Å². The maximum Gasteiger partial charge on any atom is 0.268 e. The van der Waals surface area contributed by atoms with Crippen molar-refractivity contribution in [2.45, 2.75) is 13.0 Å². The summed E-state index contributed by atoms with van der Waals surface area (Å²) in [5.74, 6) is 0.706. The molecule has 0 atom stereocenters. The number of nitrogens with one attached hydrogen (secondary N) is 2. The van der Waals surface area contributed by atoms with E-state index in [1.165, 1.54) is 11.3 Å². The topological polar surface area (TPSA) is 70.2 Å². The highest BCUT2D eigenvalue weighted by molar-refractivity contribution is 7.17. The van der Waals surface area contributed by atoms with Crippen LogP contribution in [0.4, 0.5) is 0 Å². The minimum atomic E-state index is -0.0416. The maximum absolute atomic E-state index is 11.8. The zero-order chi connectivity index (χ0) is 14.5. The van der Waals surface area contributed by atoms with Crippen LogP contribution in [0.15, 0.2) is 16.2 Å². The molecule has 1 saturated heterocycles. The lowest BCUT2D eigenvalue weighted by atomic mass is 10.3. The molecule has 0 radical (unpaired) electrons. The minimum absolute atomic E-state index is 0.0416. The molecule has 2 aromatic heterocycles. The molecule has 0 aliphatic carbocycles. The van der Waals surface area contributed by atoms with Crippen molar-refractivity contribution >= 4 is 21.6 Å². The Labute approximate surface area is 127 Å². The van der Waals surface area contributed by atoms with E-state index in [4.69, 9.17) is 4.74 Å². The van der Waals surface area contributed by atoms with Crippen LogP contribution in [-0.4, -0.2) is 54.3 Å². The molecule has 0 unspecified atom stereocenters. The molecule has 7 heteroatoms. The molecule has 3 heterocycles. The van der Waals surface area contributed by atoms with Crippen molar-refractivity contribution in [3.05, 3.63) is 27.6 Å². The molecule has 3 rings (SSSR count). The molecule has 2 N–H and O–H groups in total. The Bertz CT molecular complexity index is 633. The lowest BCUT2D eigenvalue weighted by Gasteiger charge is -2.26. The van der Waals surface area contributed by atoms with E-state index in [0.717, 1.165) is 51.3 Å². The molecule has 0 bridgehead atoms. The van der Waals surface area contributed by atoms with Crippen LogP contribution in [0, 0.1) is 0 Å². The van der Waals surface area contributed by atoms with Crippen molar-refractivity contribution in [1.29, 1.82) is 0 Å². The predicted octanol–water partition coefficient (Wildman–Crippen LogP) is 0.797. The van der Waals surface area contributed by atoms with Gasteiger partial charge in [-0.05, 0) is 31.0 Å². The first-order chi connectivity index (χ1) is 10.3. The number of morpholine rings is 1. The third-order valence-electron chi connectivity index (χ3n) is 3.59. The largest absolute Gasteiger partial charge is 0.379 e. The maximum atomic E-state index is 11.8. The summed E-state index contributed by atoms with van der Waals surface area (Å²) in [7, 11) is 0. The summed E-state index contributed by atoms with van der Waals surface area (Å²) in [6, 6.07) is 1.89. The molecule has 2 aromatic rings. The molecule has 0 saturated carbocycles. The van der Waals surface area contributed by atoms with Gasteiger partial charge in [-0.25, -0.2) is 4.98 Å². The van der Waals surface area contributed by atoms with E-state index < -0.39 is 0 Å². The summed E-state index contributed by atoms with van der Waals surface area (Å²) in [5, 5.41) is 5.23. The molecule has 21 heavy (non-hydrogen) atoms. The Hall–Kier alpha value is -1.28. The molecule has 0 spiro atoms.